The second-order valence-electron chi connectivity index (χ2n) is 2.60. The number of nitrogens with zero attached hydrogens (tertiary/aromatic N) is 1. The van der Waals surface area contributed by atoms with Gasteiger partial charge in [0, 0.05) is 5.56 Å². The van der Waals surface area contributed by atoms with E-state index in [4.69, 9.17) is 23.2 Å². The molecule has 68 valence electrons. The lowest BCUT2D eigenvalue weighted by Gasteiger charge is -2.02. The van der Waals surface area contributed by atoms with Crippen molar-refractivity contribution in [1.29, 1.82) is 0 Å². The zero-order chi connectivity index (χ0) is 9.26. The largest absolute Gasteiger partial charge is 0.304 e. The van der Waals surface area contributed by atoms with Gasteiger partial charge in [-0.3, -0.25) is 0 Å². The molecular formula is C8H7Cl2N3. The monoisotopic (exact) mass is 215 g/mol. The van der Waals surface area contributed by atoms with E-state index in [0.717, 1.165) is 11.4 Å². The highest BCUT2D eigenvalue weighted by Crippen LogP contribution is 2.22. The minimum absolute atomic E-state index is 0.538. The van der Waals surface area contributed by atoms with E-state index in [1.165, 1.54) is 0 Å². The minimum atomic E-state index is 0.538. The zero-order valence-electron chi connectivity index (χ0n) is 6.64. The summed E-state index contributed by atoms with van der Waals surface area (Å²) in [6.07, 6.45) is 0. The van der Waals surface area contributed by atoms with Crippen LogP contribution in [0.1, 0.15) is 5.56 Å². The fourth-order valence-corrected chi connectivity index (χ4v) is 1.39. The Hall–Kier alpha value is -0.770. The van der Waals surface area contributed by atoms with Crippen molar-refractivity contribution in [3.05, 3.63) is 33.8 Å². The fraction of sp³-hybridized carbons (Fsp3) is 0.125. The average molecular weight is 216 g/mol. The van der Waals surface area contributed by atoms with Crippen LogP contribution in [0.15, 0.2) is 23.2 Å². The van der Waals surface area contributed by atoms with Gasteiger partial charge in [0.25, 0.3) is 0 Å². The van der Waals surface area contributed by atoms with Gasteiger partial charge in [-0.25, -0.2) is 10.4 Å². The summed E-state index contributed by atoms with van der Waals surface area (Å²) in [6, 6.07) is 5.40. The molecule has 1 aliphatic rings. The Morgan fingerprint density at radius 3 is 2.69 bits per heavy atom. The average Bonchev–Trinajstić information content (AvgIpc) is 2.62. The molecule has 0 aliphatic carbocycles. The van der Waals surface area contributed by atoms with Crippen LogP contribution in [-0.4, -0.2) is 12.5 Å². The Balaban J connectivity index is 2.36. The lowest BCUT2D eigenvalue weighted by atomic mass is 10.2. The highest BCUT2D eigenvalue weighted by molar-refractivity contribution is 6.42. The molecular weight excluding hydrogens is 209 g/mol. The van der Waals surface area contributed by atoms with Crippen LogP contribution < -0.4 is 10.9 Å². The summed E-state index contributed by atoms with van der Waals surface area (Å²) < 4.78 is 0. The molecule has 0 bridgehead atoms. The smallest absolute Gasteiger partial charge is 0.144 e. The molecule has 1 aliphatic heterocycles. The Bertz CT molecular complexity index is 362. The van der Waals surface area contributed by atoms with E-state index >= 15 is 0 Å². The Kier molecular flexibility index (Phi) is 2.40. The first-order chi connectivity index (χ1) is 6.27. The fourth-order valence-electron chi connectivity index (χ4n) is 1.09. The van der Waals surface area contributed by atoms with Gasteiger partial charge in [0.05, 0.1) is 10.0 Å². The van der Waals surface area contributed by atoms with Crippen LogP contribution in [0.2, 0.25) is 10.0 Å². The molecule has 0 unspecified atom stereocenters. The maximum Gasteiger partial charge on any atom is 0.144 e. The van der Waals surface area contributed by atoms with E-state index in [1.54, 1.807) is 12.1 Å². The molecule has 2 rings (SSSR count). The third-order valence-corrected chi connectivity index (χ3v) is 2.46. The molecule has 1 heterocycles. The Labute approximate surface area is 85.7 Å². The number of aliphatic imine (C=N–C) groups is 1. The van der Waals surface area contributed by atoms with E-state index in [1.807, 2.05) is 6.07 Å². The number of hydrazine groups is 1. The van der Waals surface area contributed by atoms with Crippen molar-refractivity contribution in [3.8, 4) is 0 Å². The maximum atomic E-state index is 5.86. The van der Waals surface area contributed by atoms with Crippen molar-refractivity contribution in [1.82, 2.24) is 10.9 Å². The molecule has 0 saturated carbocycles. The number of benzene rings is 1. The van der Waals surface area contributed by atoms with E-state index < -0.39 is 0 Å². The van der Waals surface area contributed by atoms with Crippen LogP contribution in [-0.2, 0) is 0 Å². The normalized spacial score (nSPS) is 15.4. The van der Waals surface area contributed by atoms with Crippen LogP contribution in [0.25, 0.3) is 0 Å². The van der Waals surface area contributed by atoms with Gasteiger partial charge in [-0.15, -0.1) is 0 Å². The van der Waals surface area contributed by atoms with Crippen LogP contribution in [0, 0.1) is 0 Å². The van der Waals surface area contributed by atoms with Crippen molar-refractivity contribution >= 4 is 29.0 Å². The van der Waals surface area contributed by atoms with E-state index in [2.05, 4.69) is 15.8 Å². The summed E-state index contributed by atoms with van der Waals surface area (Å²) >= 11 is 11.6. The number of hydrogen-bond donors (Lipinski definition) is 2. The summed E-state index contributed by atoms with van der Waals surface area (Å²) in [4.78, 5) is 4.17. The van der Waals surface area contributed by atoms with Gasteiger partial charge < -0.3 is 5.43 Å². The van der Waals surface area contributed by atoms with Gasteiger partial charge in [-0.2, -0.15) is 0 Å². The van der Waals surface area contributed by atoms with Crippen molar-refractivity contribution in [2.24, 2.45) is 4.99 Å². The van der Waals surface area contributed by atoms with Gasteiger partial charge in [-0.05, 0) is 18.2 Å². The lowest BCUT2D eigenvalue weighted by molar-refractivity contribution is 0.727. The third-order valence-electron chi connectivity index (χ3n) is 1.72. The van der Waals surface area contributed by atoms with Crippen molar-refractivity contribution in [2.45, 2.75) is 0 Å². The SMILES string of the molecule is Clc1ccc(C2=NCNN2)cc1Cl. The molecule has 1 aromatic rings. The summed E-state index contributed by atoms with van der Waals surface area (Å²) in [5.74, 6) is 0.790. The quantitative estimate of drug-likeness (QED) is 0.750. The molecule has 0 radical (unpaired) electrons. The molecule has 5 heteroatoms. The van der Waals surface area contributed by atoms with Crippen LogP contribution in [0.3, 0.4) is 0 Å². The highest BCUT2D eigenvalue weighted by Gasteiger charge is 2.08. The number of rotatable bonds is 1. The Morgan fingerprint density at radius 2 is 2.08 bits per heavy atom. The first-order valence-electron chi connectivity index (χ1n) is 3.76. The molecule has 0 saturated heterocycles. The number of halogens is 2. The molecule has 0 amide bonds. The summed E-state index contributed by atoms with van der Waals surface area (Å²) in [6.45, 7) is 0.579. The predicted octanol–water partition coefficient (Wildman–Crippen LogP) is 1.81. The third kappa shape index (κ3) is 1.77. The molecule has 1 aromatic carbocycles. The standard InChI is InChI=1S/C8H7Cl2N3/c9-6-2-1-5(3-7(6)10)8-11-4-12-13-8/h1-3,12H,4H2,(H,11,13). The minimum Gasteiger partial charge on any atom is -0.304 e. The Morgan fingerprint density at radius 1 is 1.23 bits per heavy atom. The highest BCUT2D eigenvalue weighted by atomic mass is 35.5. The molecule has 2 N–H and O–H groups in total. The first kappa shape index (κ1) is 8.81. The van der Waals surface area contributed by atoms with Crippen LogP contribution in [0.4, 0.5) is 0 Å². The van der Waals surface area contributed by atoms with Gasteiger partial charge >= 0.3 is 0 Å². The molecule has 13 heavy (non-hydrogen) atoms. The summed E-state index contributed by atoms with van der Waals surface area (Å²) in [5, 5.41) is 1.09. The van der Waals surface area contributed by atoms with E-state index in [0.29, 0.717) is 16.7 Å². The number of nitrogens with one attached hydrogen (secondary N) is 2. The van der Waals surface area contributed by atoms with E-state index in [9.17, 15) is 0 Å². The van der Waals surface area contributed by atoms with Gasteiger partial charge in [0.2, 0.25) is 0 Å². The second kappa shape index (κ2) is 3.54. The number of hydrogen-bond acceptors (Lipinski definition) is 3. The van der Waals surface area contributed by atoms with E-state index in [-0.39, 0.29) is 0 Å². The topological polar surface area (TPSA) is 36.4 Å². The van der Waals surface area contributed by atoms with Gasteiger partial charge in [-0.1, -0.05) is 23.2 Å². The van der Waals surface area contributed by atoms with Crippen LogP contribution >= 0.6 is 23.2 Å². The summed E-state index contributed by atoms with van der Waals surface area (Å²) in [5.41, 5.74) is 6.72. The molecule has 3 nitrogen and oxygen atoms in total. The van der Waals surface area contributed by atoms with Crippen molar-refractivity contribution < 1.29 is 0 Å². The summed E-state index contributed by atoms with van der Waals surface area (Å²) in [7, 11) is 0. The zero-order valence-corrected chi connectivity index (χ0v) is 8.15. The van der Waals surface area contributed by atoms with Gasteiger partial charge in [0.15, 0.2) is 0 Å². The van der Waals surface area contributed by atoms with Crippen molar-refractivity contribution in [2.75, 3.05) is 6.67 Å². The molecule has 0 fully saturated rings. The van der Waals surface area contributed by atoms with Crippen molar-refractivity contribution in [3.63, 3.8) is 0 Å². The van der Waals surface area contributed by atoms with Crippen LogP contribution in [0.5, 0.6) is 0 Å². The first-order valence-corrected chi connectivity index (χ1v) is 4.52. The number of amidine groups is 1. The van der Waals surface area contributed by atoms with Gasteiger partial charge in [0.1, 0.15) is 12.5 Å². The molecule has 0 aromatic heterocycles. The predicted molar refractivity (Wildman–Crippen MR) is 54.1 cm³/mol. The molecule has 0 atom stereocenters. The lowest BCUT2D eigenvalue weighted by Crippen LogP contribution is -2.30. The maximum absolute atomic E-state index is 5.86. The second-order valence-corrected chi connectivity index (χ2v) is 3.41. The molecule has 0 spiro atoms.